The summed E-state index contributed by atoms with van der Waals surface area (Å²) < 4.78 is 5.66. The Morgan fingerprint density at radius 2 is 1.76 bits per heavy atom. The molecule has 0 spiro atoms. The maximum absolute atomic E-state index is 12.8. The minimum Gasteiger partial charge on any atom is -0.508 e. The zero-order valence-corrected chi connectivity index (χ0v) is 20.3. The molecule has 3 N–H and O–H groups in total. The van der Waals surface area contributed by atoms with E-state index < -0.39 is 0 Å². The second-order valence-electron chi connectivity index (χ2n) is 9.79. The minimum atomic E-state index is -0.130. The third-order valence-electron chi connectivity index (χ3n) is 5.51. The highest BCUT2D eigenvalue weighted by Crippen LogP contribution is 2.43. The molecule has 0 amide bonds. The first-order valence-corrected chi connectivity index (χ1v) is 11.4. The summed E-state index contributed by atoms with van der Waals surface area (Å²) in [4.78, 5) is 12.8. The number of nitrogens with zero attached hydrogens (tertiary/aromatic N) is 1. The summed E-state index contributed by atoms with van der Waals surface area (Å²) in [7, 11) is 0. The first-order chi connectivity index (χ1) is 15.5. The third kappa shape index (κ3) is 5.63. The van der Waals surface area contributed by atoms with Gasteiger partial charge in [-0.05, 0) is 55.9 Å². The third-order valence-corrected chi connectivity index (χ3v) is 5.51. The van der Waals surface area contributed by atoms with Crippen molar-refractivity contribution < 1.29 is 19.5 Å². The Morgan fingerprint density at radius 3 is 2.33 bits per heavy atom. The van der Waals surface area contributed by atoms with Crippen LogP contribution in [0.25, 0.3) is 22.5 Å². The number of hydrogen-bond acceptors (Lipinski definition) is 6. The second-order valence-corrected chi connectivity index (χ2v) is 9.79. The van der Waals surface area contributed by atoms with Crippen molar-refractivity contribution in [3.63, 3.8) is 0 Å². The Balaban J connectivity index is 2.12. The first-order valence-electron chi connectivity index (χ1n) is 11.4. The minimum absolute atomic E-state index is 0.00454. The number of Topliss-reactive ketones (excluding diaryl/α,β-unsaturated/α-hetero) is 1. The van der Waals surface area contributed by atoms with Gasteiger partial charge >= 0.3 is 0 Å². The second kappa shape index (κ2) is 9.79. The number of phenolic OH excluding ortho intramolecular Hbond substituents is 2. The smallest absolute Gasteiger partial charge is 0.185 e. The van der Waals surface area contributed by atoms with Gasteiger partial charge in [0, 0.05) is 24.6 Å². The molecule has 0 fully saturated rings. The molecule has 0 aliphatic heterocycles. The number of nitrogens with one attached hydrogen (secondary N) is 1. The lowest BCUT2D eigenvalue weighted by atomic mass is 9.93. The molecule has 6 nitrogen and oxygen atoms in total. The Labute approximate surface area is 195 Å². The molecule has 0 saturated heterocycles. The maximum Gasteiger partial charge on any atom is 0.185 e. The topological polar surface area (TPSA) is 95.6 Å². The fourth-order valence-electron chi connectivity index (χ4n) is 3.67. The summed E-state index contributed by atoms with van der Waals surface area (Å²) in [5, 5.41) is 28.4. The Bertz CT molecular complexity index is 1120. The molecule has 6 heteroatoms. The predicted octanol–water partition coefficient (Wildman–Crippen LogP) is 6.41. The van der Waals surface area contributed by atoms with E-state index in [0.29, 0.717) is 35.3 Å². The normalized spacial score (nSPS) is 11.8. The largest absolute Gasteiger partial charge is 0.508 e. The van der Waals surface area contributed by atoms with E-state index in [1.54, 1.807) is 6.07 Å². The number of aromatic hydroxyl groups is 2. The highest BCUT2D eigenvalue weighted by atomic mass is 16.5. The number of rotatable bonds is 8. The Hall–Kier alpha value is -3.12. The molecule has 0 aliphatic rings. The average Bonchev–Trinajstić information content (AvgIpc) is 3.17. The summed E-state index contributed by atoms with van der Waals surface area (Å²) in [6, 6.07) is 10.9. The van der Waals surface area contributed by atoms with E-state index in [-0.39, 0.29) is 34.4 Å². The van der Waals surface area contributed by atoms with E-state index in [9.17, 15) is 15.0 Å². The van der Waals surface area contributed by atoms with E-state index in [1.807, 2.05) is 45.0 Å². The molecular formula is C27H34N2O4. The Morgan fingerprint density at radius 1 is 1.09 bits per heavy atom. The molecule has 3 aromatic rings. The zero-order valence-electron chi connectivity index (χ0n) is 20.3. The van der Waals surface area contributed by atoms with Gasteiger partial charge in [-0.25, -0.2) is 0 Å². The fraction of sp³-hybridized carbons (Fsp3) is 0.407. The molecule has 0 radical (unpaired) electrons. The quantitative estimate of drug-likeness (QED) is 0.343. The summed E-state index contributed by atoms with van der Waals surface area (Å²) >= 11 is 0. The van der Waals surface area contributed by atoms with Gasteiger partial charge in [0.1, 0.15) is 11.5 Å². The zero-order chi connectivity index (χ0) is 24.3. The molecule has 0 saturated carbocycles. The van der Waals surface area contributed by atoms with Crippen LogP contribution in [0, 0.1) is 0 Å². The van der Waals surface area contributed by atoms with Crippen molar-refractivity contribution in [2.75, 3.05) is 0 Å². The van der Waals surface area contributed by atoms with Crippen LogP contribution in [0.4, 0.5) is 0 Å². The van der Waals surface area contributed by atoms with E-state index in [1.165, 1.54) is 6.07 Å². The van der Waals surface area contributed by atoms with E-state index in [0.717, 1.165) is 17.7 Å². The fourth-order valence-corrected chi connectivity index (χ4v) is 3.67. The summed E-state index contributed by atoms with van der Waals surface area (Å²) in [5.41, 5.74) is 3.78. The van der Waals surface area contributed by atoms with Gasteiger partial charge in [0.25, 0.3) is 0 Å². The molecule has 1 aromatic heterocycles. The van der Waals surface area contributed by atoms with Crippen molar-refractivity contribution in [2.24, 2.45) is 0 Å². The number of benzene rings is 2. The average molecular weight is 451 g/mol. The molecule has 0 unspecified atom stereocenters. The molecule has 0 bridgehead atoms. The molecular weight excluding hydrogens is 416 g/mol. The predicted molar refractivity (Wildman–Crippen MR) is 131 cm³/mol. The maximum atomic E-state index is 12.8. The van der Waals surface area contributed by atoms with Gasteiger partial charge in [0.15, 0.2) is 17.2 Å². The van der Waals surface area contributed by atoms with Crippen LogP contribution in [0.2, 0.25) is 0 Å². The lowest BCUT2D eigenvalue weighted by molar-refractivity contribution is 0.0973. The number of ketones is 1. The van der Waals surface area contributed by atoms with Crippen molar-refractivity contribution in [2.45, 2.75) is 72.4 Å². The molecule has 3 rings (SSSR count). The molecule has 33 heavy (non-hydrogen) atoms. The van der Waals surface area contributed by atoms with Crippen LogP contribution in [0.1, 0.15) is 81.9 Å². The van der Waals surface area contributed by atoms with Gasteiger partial charge in [-0.15, -0.1) is 0 Å². The van der Waals surface area contributed by atoms with E-state index in [4.69, 9.17) is 4.52 Å². The SMILES string of the molecule is CCCC(=O)c1noc(-c2cc(C(C)C)c(O)cc2O)c1-c1ccc(CNC(C)(C)C)cc1. The van der Waals surface area contributed by atoms with Gasteiger partial charge in [0.2, 0.25) is 0 Å². The lowest BCUT2D eigenvalue weighted by Gasteiger charge is -2.20. The van der Waals surface area contributed by atoms with Crippen molar-refractivity contribution in [1.82, 2.24) is 10.5 Å². The number of aromatic nitrogens is 1. The van der Waals surface area contributed by atoms with Crippen LogP contribution in [0.5, 0.6) is 11.5 Å². The first kappa shape index (κ1) is 24.5. The number of phenols is 2. The van der Waals surface area contributed by atoms with Gasteiger partial charge in [0.05, 0.1) is 11.1 Å². The van der Waals surface area contributed by atoms with Crippen LogP contribution in [0.3, 0.4) is 0 Å². The Kier molecular flexibility index (Phi) is 7.28. The van der Waals surface area contributed by atoms with Gasteiger partial charge in [-0.3, -0.25) is 4.79 Å². The molecule has 0 aliphatic carbocycles. The van der Waals surface area contributed by atoms with Gasteiger partial charge < -0.3 is 20.1 Å². The molecule has 2 aromatic carbocycles. The van der Waals surface area contributed by atoms with Crippen LogP contribution < -0.4 is 5.32 Å². The monoisotopic (exact) mass is 450 g/mol. The summed E-state index contributed by atoms with van der Waals surface area (Å²) in [6.45, 7) is 12.9. The van der Waals surface area contributed by atoms with Crippen molar-refractivity contribution >= 4 is 5.78 Å². The van der Waals surface area contributed by atoms with Crippen molar-refractivity contribution in [3.05, 3.63) is 53.2 Å². The van der Waals surface area contributed by atoms with Crippen molar-refractivity contribution in [3.8, 4) is 33.9 Å². The van der Waals surface area contributed by atoms with Crippen molar-refractivity contribution in [1.29, 1.82) is 0 Å². The van der Waals surface area contributed by atoms with Crippen LogP contribution >= 0.6 is 0 Å². The van der Waals surface area contributed by atoms with Crippen LogP contribution in [-0.2, 0) is 6.54 Å². The van der Waals surface area contributed by atoms with E-state index >= 15 is 0 Å². The van der Waals surface area contributed by atoms with E-state index in [2.05, 4.69) is 31.2 Å². The van der Waals surface area contributed by atoms with Gasteiger partial charge in [-0.1, -0.05) is 50.2 Å². The van der Waals surface area contributed by atoms with Gasteiger partial charge in [-0.2, -0.15) is 0 Å². The molecule has 1 heterocycles. The number of carbonyl (C=O) groups is 1. The summed E-state index contributed by atoms with van der Waals surface area (Å²) in [5.74, 6) is 0.129. The molecule has 0 atom stereocenters. The number of hydrogen-bond donors (Lipinski definition) is 3. The lowest BCUT2D eigenvalue weighted by Crippen LogP contribution is -2.35. The summed E-state index contributed by atoms with van der Waals surface area (Å²) in [6.07, 6.45) is 1.05. The van der Waals surface area contributed by atoms with Crippen LogP contribution in [-0.4, -0.2) is 26.7 Å². The van der Waals surface area contributed by atoms with Crippen LogP contribution in [0.15, 0.2) is 40.9 Å². The standard InChI is InChI=1S/C27H34N2O4/c1-7-8-21(30)25-24(18-11-9-17(10-12-18)15-28-27(4,5)6)26(33-29-25)20-13-19(16(2)3)22(31)14-23(20)32/h9-14,16,28,31-32H,7-8,15H2,1-6H3. The highest BCUT2D eigenvalue weighted by Gasteiger charge is 2.26. The number of carbonyl (C=O) groups excluding carboxylic acids is 1. The molecule has 176 valence electrons. The highest BCUT2D eigenvalue weighted by molar-refractivity contribution is 6.03.